The van der Waals surface area contributed by atoms with Gasteiger partial charge < -0.3 is 0 Å². The predicted molar refractivity (Wildman–Crippen MR) is 103 cm³/mol. The fourth-order valence-electron chi connectivity index (χ4n) is 2.74. The van der Waals surface area contributed by atoms with Gasteiger partial charge >= 0.3 is 0 Å². The number of imidazole rings is 1. The van der Waals surface area contributed by atoms with E-state index in [1.165, 1.54) is 0 Å². The molecule has 0 aliphatic heterocycles. The van der Waals surface area contributed by atoms with Gasteiger partial charge in [0.1, 0.15) is 10.5 Å². The molecule has 0 atom stereocenters. The third-order valence-corrected chi connectivity index (χ3v) is 6.45. The molecule has 0 spiro atoms. The second-order valence-electron chi connectivity index (χ2n) is 5.60. The monoisotopic (exact) mass is 384 g/mol. The molecule has 4 aromatic rings. The van der Waals surface area contributed by atoms with Gasteiger partial charge in [0, 0.05) is 36.3 Å². The van der Waals surface area contributed by atoms with Crippen molar-refractivity contribution in [2.75, 3.05) is 12.3 Å². The minimum Gasteiger partial charge on any atom is -0.294 e. The number of rotatable bonds is 6. The van der Waals surface area contributed by atoms with E-state index in [2.05, 4.69) is 14.7 Å². The van der Waals surface area contributed by atoms with Crippen LogP contribution in [0.25, 0.3) is 16.6 Å². The first-order valence-electron chi connectivity index (χ1n) is 8.03. The van der Waals surface area contributed by atoms with E-state index in [4.69, 9.17) is 0 Å². The Labute approximate surface area is 155 Å². The first kappa shape index (κ1) is 17.0. The van der Waals surface area contributed by atoms with E-state index in [0.29, 0.717) is 17.8 Å². The average Bonchev–Trinajstić information content (AvgIpc) is 3.14. The third kappa shape index (κ3) is 3.31. The highest BCUT2D eigenvalue weighted by atomic mass is 32.2. The SMILES string of the molecule is O=S(=O)(NCCSc1cccc2nccn12)c1cccc2cccnc12. The fraction of sp³-hybridized carbons (Fsp3) is 0.111. The molecule has 26 heavy (non-hydrogen) atoms. The first-order chi connectivity index (χ1) is 12.6. The molecule has 4 rings (SSSR count). The summed E-state index contributed by atoms with van der Waals surface area (Å²) in [4.78, 5) is 8.67. The molecule has 0 aliphatic carbocycles. The molecule has 6 nitrogen and oxygen atoms in total. The molecule has 0 fully saturated rings. The summed E-state index contributed by atoms with van der Waals surface area (Å²) in [6.07, 6.45) is 5.24. The number of hydrogen-bond acceptors (Lipinski definition) is 5. The highest BCUT2D eigenvalue weighted by Crippen LogP contribution is 2.21. The van der Waals surface area contributed by atoms with Gasteiger partial charge in [0.05, 0.1) is 10.5 Å². The molecule has 132 valence electrons. The summed E-state index contributed by atoms with van der Waals surface area (Å²) in [5.74, 6) is 0.606. The summed E-state index contributed by atoms with van der Waals surface area (Å²) in [7, 11) is -3.62. The molecular weight excluding hydrogens is 368 g/mol. The van der Waals surface area contributed by atoms with Crippen molar-refractivity contribution in [2.24, 2.45) is 0 Å². The molecule has 0 saturated carbocycles. The van der Waals surface area contributed by atoms with Crippen LogP contribution < -0.4 is 4.72 Å². The number of nitrogens with one attached hydrogen (secondary N) is 1. The first-order valence-corrected chi connectivity index (χ1v) is 10.5. The third-order valence-electron chi connectivity index (χ3n) is 3.92. The number of benzene rings is 1. The molecule has 0 bridgehead atoms. The van der Waals surface area contributed by atoms with Crippen LogP contribution in [-0.4, -0.2) is 35.1 Å². The van der Waals surface area contributed by atoms with Crippen LogP contribution in [-0.2, 0) is 10.0 Å². The number of thioether (sulfide) groups is 1. The van der Waals surface area contributed by atoms with Crippen LogP contribution >= 0.6 is 11.8 Å². The second-order valence-corrected chi connectivity index (χ2v) is 8.45. The lowest BCUT2D eigenvalue weighted by Gasteiger charge is -2.09. The van der Waals surface area contributed by atoms with Crippen molar-refractivity contribution in [1.82, 2.24) is 19.1 Å². The number of pyridine rings is 2. The van der Waals surface area contributed by atoms with Crippen molar-refractivity contribution in [3.63, 3.8) is 0 Å². The van der Waals surface area contributed by atoms with Gasteiger partial charge in [0.15, 0.2) is 0 Å². The van der Waals surface area contributed by atoms with Gasteiger partial charge in [-0.2, -0.15) is 0 Å². The Morgan fingerprint density at radius 2 is 1.85 bits per heavy atom. The minimum absolute atomic E-state index is 0.206. The quantitative estimate of drug-likeness (QED) is 0.409. The summed E-state index contributed by atoms with van der Waals surface area (Å²) < 4.78 is 30.0. The van der Waals surface area contributed by atoms with Crippen LogP contribution in [0.1, 0.15) is 0 Å². The predicted octanol–water partition coefficient (Wildman–Crippen LogP) is 2.95. The zero-order valence-electron chi connectivity index (χ0n) is 13.7. The van der Waals surface area contributed by atoms with Crippen LogP contribution in [0.5, 0.6) is 0 Å². The van der Waals surface area contributed by atoms with Gasteiger partial charge in [-0.05, 0) is 24.3 Å². The van der Waals surface area contributed by atoms with Crippen molar-refractivity contribution in [2.45, 2.75) is 9.92 Å². The molecule has 1 N–H and O–H groups in total. The van der Waals surface area contributed by atoms with Gasteiger partial charge in [0.2, 0.25) is 10.0 Å². The standard InChI is InChI=1S/C18H16N4O2S2/c23-26(24,15-6-1-4-14-5-3-9-20-18(14)15)21-11-13-25-17-8-2-7-16-19-10-12-22(16)17/h1-10,12,21H,11,13H2. The molecule has 0 radical (unpaired) electrons. The molecule has 0 saturated heterocycles. The van der Waals surface area contributed by atoms with Gasteiger partial charge in [-0.1, -0.05) is 24.3 Å². The molecular formula is C18H16N4O2S2. The fourth-order valence-corrected chi connectivity index (χ4v) is 4.96. The number of para-hydroxylation sites is 1. The molecule has 1 aromatic carbocycles. The summed E-state index contributed by atoms with van der Waals surface area (Å²) in [5.41, 5.74) is 1.36. The van der Waals surface area contributed by atoms with Crippen molar-refractivity contribution >= 4 is 38.3 Å². The lowest BCUT2D eigenvalue weighted by molar-refractivity contribution is 0.585. The molecule has 8 heteroatoms. The Morgan fingerprint density at radius 1 is 1.00 bits per heavy atom. The maximum absolute atomic E-state index is 12.7. The summed E-state index contributed by atoms with van der Waals surface area (Å²) >= 11 is 1.57. The largest absolute Gasteiger partial charge is 0.294 e. The van der Waals surface area contributed by atoms with Gasteiger partial charge in [-0.25, -0.2) is 18.1 Å². The number of nitrogens with zero attached hydrogens (tertiary/aromatic N) is 3. The minimum atomic E-state index is -3.62. The van der Waals surface area contributed by atoms with Gasteiger partial charge in [0.25, 0.3) is 0 Å². The number of aromatic nitrogens is 3. The highest BCUT2D eigenvalue weighted by Gasteiger charge is 2.17. The lowest BCUT2D eigenvalue weighted by atomic mass is 10.2. The molecule has 0 amide bonds. The maximum atomic E-state index is 12.7. The highest BCUT2D eigenvalue weighted by molar-refractivity contribution is 7.99. The Balaban J connectivity index is 1.46. The zero-order chi connectivity index (χ0) is 18.0. The van der Waals surface area contributed by atoms with E-state index >= 15 is 0 Å². The van der Waals surface area contributed by atoms with Crippen molar-refractivity contribution in [3.8, 4) is 0 Å². The van der Waals surface area contributed by atoms with E-state index in [-0.39, 0.29) is 4.90 Å². The van der Waals surface area contributed by atoms with Crippen molar-refractivity contribution in [3.05, 3.63) is 67.1 Å². The van der Waals surface area contributed by atoms with Gasteiger partial charge in [-0.3, -0.25) is 9.38 Å². The van der Waals surface area contributed by atoms with Crippen LogP contribution in [0.2, 0.25) is 0 Å². The number of sulfonamides is 1. The Hall–Kier alpha value is -2.42. The topological polar surface area (TPSA) is 76.4 Å². The lowest BCUT2D eigenvalue weighted by Crippen LogP contribution is -2.26. The number of fused-ring (bicyclic) bond motifs is 2. The van der Waals surface area contributed by atoms with Crippen molar-refractivity contribution in [1.29, 1.82) is 0 Å². The van der Waals surface area contributed by atoms with Crippen LogP contribution in [0.15, 0.2) is 77.0 Å². The summed E-state index contributed by atoms with van der Waals surface area (Å²) in [6.45, 7) is 0.321. The van der Waals surface area contributed by atoms with E-state index in [0.717, 1.165) is 16.1 Å². The van der Waals surface area contributed by atoms with E-state index in [9.17, 15) is 8.42 Å². The van der Waals surface area contributed by atoms with E-state index in [1.807, 2.05) is 40.9 Å². The van der Waals surface area contributed by atoms with Crippen LogP contribution in [0.4, 0.5) is 0 Å². The Morgan fingerprint density at radius 3 is 2.77 bits per heavy atom. The van der Waals surface area contributed by atoms with Crippen LogP contribution in [0.3, 0.4) is 0 Å². The maximum Gasteiger partial charge on any atom is 0.242 e. The van der Waals surface area contributed by atoms with Crippen LogP contribution in [0, 0.1) is 0 Å². The molecule has 3 heterocycles. The Kier molecular flexibility index (Phi) is 4.62. The van der Waals surface area contributed by atoms with E-state index in [1.54, 1.807) is 42.4 Å². The van der Waals surface area contributed by atoms with Crippen molar-refractivity contribution < 1.29 is 8.42 Å². The zero-order valence-corrected chi connectivity index (χ0v) is 15.4. The average molecular weight is 384 g/mol. The molecule has 3 aromatic heterocycles. The summed E-state index contributed by atoms with van der Waals surface area (Å²) in [5, 5.41) is 1.82. The second kappa shape index (κ2) is 7.06. The molecule has 0 unspecified atom stereocenters. The normalized spacial score (nSPS) is 12.0. The summed E-state index contributed by atoms with van der Waals surface area (Å²) in [6, 6.07) is 14.7. The Bertz CT molecular complexity index is 1170. The van der Waals surface area contributed by atoms with E-state index < -0.39 is 10.0 Å². The smallest absolute Gasteiger partial charge is 0.242 e. The number of hydrogen-bond donors (Lipinski definition) is 1. The molecule has 0 aliphatic rings. The van der Waals surface area contributed by atoms with Gasteiger partial charge in [-0.15, -0.1) is 11.8 Å².